The van der Waals surface area contributed by atoms with E-state index in [9.17, 15) is 4.79 Å². The van der Waals surface area contributed by atoms with Crippen molar-refractivity contribution in [1.29, 1.82) is 0 Å². The number of hydrogen-bond acceptors (Lipinski definition) is 3. The van der Waals surface area contributed by atoms with Gasteiger partial charge in [0.2, 0.25) is 0 Å². The van der Waals surface area contributed by atoms with E-state index in [1.807, 2.05) is 18.2 Å². The molecule has 1 aliphatic rings. The molecule has 3 rings (SSSR count). The monoisotopic (exact) mass is 273 g/mol. The summed E-state index contributed by atoms with van der Waals surface area (Å²) in [5.41, 5.74) is 2.26. The van der Waals surface area contributed by atoms with Crippen LogP contribution in [0.2, 0.25) is 0 Å². The molecule has 4 heteroatoms. The minimum atomic E-state index is -0.739. The lowest BCUT2D eigenvalue weighted by Crippen LogP contribution is -1.98. The third-order valence-corrected chi connectivity index (χ3v) is 4.46. The van der Waals surface area contributed by atoms with E-state index in [0.29, 0.717) is 12.3 Å². The quantitative estimate of drug-likeness (QED) is 0.903. The Morgan fingerprint density at radius 1 is 1.32 bits per heavy atom. The Morgan fingerprint density at radius 2 is 2.05 bits per heavy atom. The lowest BCUT2D eigenvalue weighted by atomic mass is 10.2. The highest BCUT2D eigenvalue weighted by Gasteiger charge is 2.29. The van der Waals surface area contributed by atoms with Gasteiger partial charge < -0.3 is 5.11 Å². The van der Waals surface area contributed by atoms with Gasteiger partial charge in [0.05, 0.1) is 12.1 Å². The normalized spacial score (nSPS) is 14.5. The number of nitrogens with zero attached hydrogens (tertiary/aromatic N) is 1. The Hall–Kier alpha value is -1.68. The minimum absolute atomic E-state index is 0.191. The van der Waals surface area contributed by atoms with Gasteiger partial charge in [0.25, 0.3) is 0 Å². The first-order valence-electron chi connectivity index (χ1n) is 6.51. The van der Waals surface area contributed by atoms with E-state index in [1.54, 1.807) is 11.3 Å². The molecule has 19 heavy (non-hydrogen) atoms. The fourth-order valence-electron chi connectivity index (χ4n) is 2.14. The van der Waals surface area contributed by atoms with Crippen molar-refractivity contribution in [2.24, 2.45) is 0 Å². The predicted octanol–water partition coefficient (Wildman–Crippen LogP) is 3.70. The van der Waals surface area contributed by atoms with Crippen molar-refractivity contribution in [3.63, 3.8) is 0 Å². The number of rotatable bonds is 5. The van der Waals surface area contributed by atoms with Crippen molar-refractivity contribution < 1.29 is 9.90 Å². The summed E-state index contributed by atoms with van der Waals surface area (Å²) in [7, 11) is 0. The zero-order valence-electron chi connectivity index (χ0n) is 10.5. The third-order valence-electron chi connectivity index (χ3n) is 3.28. The molecule has 0 saturated heterocycles. The SMILES string of the molecule is O=C(O)CCc1sc(-c2ccccc2)nc1C1CC1. The topological polar surface area (TPSA) is 50.2 Å². The summed E-state index contributed by atoms with van der Waals surface area (Å²) in [5, 5.41) is 9.84. The Bertz CT molecular complexity index is 587. The molecule has 3 nitrogen and oxygen atoms in total. The van der Waals surface area contributed by atoms with Crippen LogP contribution in [-0.4, -0.2) is 16.1 Å². The second-order valence-corrected chi connectivity index (χ2v) is 5.95. The maximum absolute atomic E-state index is 10.7. The Labute approximate surface area is 115 Å². The van der Waals surface area contributed by atoms with Crippen molar-refractivity contribution >= 4 is 17.3 Å². The zero-order chi connectivity index (χ0) is 13.2. The number of thiazole rings is 1. The molecular formula is C15H15NO2S. The average molecular weight is 273 g/mol. The lowest BCUT2D eigenvalue weighted by molar-refractivity contribution is -0.136. The Morgan fingerprint density at radius 3 is 2.68 bits per heavy atom. The number of hydrogen-bond donors (Lipinski definition) is 1. The summed E-state index contributed by atoms with van der Waals surface area (Å²) >= 11 is 1.65. The molecule has 2 aromatic rings. The smallest absolute Gasteiger partial charge is 0.303 e. The molecule has 0 unspecified atom stereocenters. The molecule has 1 aliphatic carbocycles. The second-order valence-electron chi connectivity index (χ2n) is 4.86. The van der Waals surface area contributed by atoms with Crippen molar-refractivity contribution in [1.82, 2.24) is 4.98 Å². The van der Waals surface area contributed by atoms with Gasteiger partial charge in [-0.3, -0.25) is 4.79 Å². The standard InChI is InChI=1S/C15H15NO2S/c17-13(18)9-8-12-14(10-6-7-10)16-15(19-12)11-4-2-1-3-5-11/h1-5,10H,6-9H2,(H,17,18). The number of aromatic nitrogens is 1. The molecule has 0 bridgehead atoms. The summed E-state index contributed by atoms with van der Waals surface area (Å²) < 4.78 is 0. The van der Waals surface area contributed by atoms with E-state index in [0.717, 1.165) is 21.1 Å². The second kappa shape index (κ2) is 5.13. The minimum Gasteiger partial charge on any atom is -0.481 e. The number of aryl methyl sites for hydroxylation is 1. The Balaban J connectivity index is 1.90. The first kappa shape index (κ1) is 12.4. The van der Waals surface area contributed by atoms with Gasteiger partial charge in [-0.2, -0.15) is 0 Å². The molecule has 1 heterocycles. The highest BCUT2D eigenvalue weighted by Crippen LogP contribution is 2.44. The van der Waals surface area contributed by atoms with Crippen molar-refractivity contribution in [3.05, 3.63) is 40.9 Å². The average Bonchev–Trinajstić information content (AvgIpc) is 3.17. The highest BCUT2D eigenvalue weighted by molar-refractivity contribution is 7.15. The Kier molecular flexibility index (Phi) is 3.34. The molecule has 1 fully saturated rings. The number of carboxylic acids is 1. The third kappa shape index (κ3) is 2.84. The predicted molar refractivity (Wildman–Crippen MR) is 75.5 cm³/mol. The highest BCUT2D eigenvalue weighted by atomic mass is 32.1. The molecule has 1 aromatic carbocycles. The molecule has 0 spiro atoms. The number of aliphatic carboxylic acids is 1. The van der Waals surface area contributed by atoms with Crippen LogP contribution in [0.3, 0.4) is 0 Å². The largest absolute Gasteiger partial charge is 0.481 e. The fraction of sp³-hybridized carbons (Fsp3) is 0.333. The van der Waals surface area contributed by atoms with E-state index < -0.39 is 5.97 Å². The van der Waals surface area contributed by atoms with Gasteiger partial charge in [0, 0.05) is 16.4 Å². The van der Waals surface area contributed by atoms with Crippen LogP contribution in [0.5, 0.6) is 0 Å². The van der Waals surface area contributed by atoms with E-state index in [2.05, 4.69) is 12.1 Å². The summed E-state index contributed by atoms with van der Waals surface area (Å²) in [6.45, 7) is 0. The van der Waals surface area contributed by atoms with Gasteiger partial charge >= 0.3 is 5.97 Å². The van der Waals surface area contributed by atoms with Gasteiger partial charge in [-0.05, 0) is 19.3 Å². The maximum atomic E-state index is 10.7. The van der Waals surface area contributed by atoms with Gasteiger partial charge in [-0.25, -0.2) is 4.98 Å². The number of carboxylic acid groups (broad SMARTS) is 1. The molecule has 1 saturated carbocycles. The maximum Gasteiger partial charge on any atom is 0.303 e. The fourth-order valence-corrected chi connectivity index (χ4v) is 3.30. The van der Waals surface area contributed by atoms with E-state index >= 15 is 0 Å². The zero-order valence-corrected chi connectivity index (χ0v) is 11.3. The van der Waals surface area contributed by atoms with Crippen LogP contribution in [0.1, 0.15) is 35.8 Å². The molecular weight excluding hydrogens is 258 g/mol. The molecule has 0 aliphatic heterocycles. The summed E-state index contributed by atoms with van der Waals surface area (Å²) in [6, 6.07) is 10.1. The number of carbonyl (C=O) groups is 1. The molecule has 0 radical (unpaired) electrons. The summed E-state index contributed by atoms with van der Waals surface area (Å²) in [4.78, 5) is 16.6. The van der Waals surface area contributed by atoms with Crippen molar-refractivity contribution in [2.75, 3.05) is 0 Å². The van der Waals surface area contributed by atoms with Crippen LogP contribution in [0.25, 0.3) is 10.6 Å². The molecule has 0 amide bonds. The van der Waals surface area contributed by atoms with Crippen molar-refractivity contribution in [3.8, 4) is 10.6 Å². The summed E-state index contributed by atoms with van der Waals surface area (Å²) in [6.07, 6.45) is 3.18. The van der Waals surface area contributed by atoms with E-state index in [-0.39, 0.29) is 6.42 Å². The van der Waals surface area contributed by atoms with Gasteiger partial charge in [0.15, 0.2) is 0 Å². The summed E-state index contributed by atoms with van der Waals surface area (Å²) in [5.74, 6) is -0.172. The van der Waals surface area contributed by atoms with Crippen LogP contribution in [0, 0.1) is 0 Å². The van der Waals surface area contributed by atoms with Crippen LogP contribution >= 0.6 is 11.3 Å². The van der Waals surface area contributed by atoms with Crippen LogP contribution in [0.4, 0.5) is 0 Å². The number of benzene rings is 1. The van der Waals surface area contributed by atoms with Crippen LogP contribution in [-0.2, 0) is 11.2 Å². The molecule has 98 valence electrons. The van der Waals surface area contributed by atoms with Crippen LogP contribution in [0.15, 0.2) is 30.3 Å². The van der Waals surface area contributed by atoms with E-state index in [1.165, 1.54) is 12.8 Å². The van der Waals surface area contributed by atoms with Gasteiger partial charge in [-0.15, -0.1) is 11.3 Å². The molecule has 1 N–H and O–H groups in total. The van der Waals surface area contributed by atoms with Crippen molar-refractivity contribution in [2.45, 2.75) is 31.6 Å². The van der Waals surface area contributed by atoms with Gasteiger partial charge in [0.1, 0.15) is 5.01 Å². The molecule has 1 aromatic heterocycles. The first-order valence-corrected chi connectivity index (χ1v) is 7.32. The molecule has 0 atom stereocenters. The van der Waals surface area contributed by atoms with Crippen LogP contribution < -0.4 is 0 Å². The van der Waals surface area contributed by atoms with E-state index in [4.69, 9.17) is 10.1 Å². The van der Waals surface area contributed by atoms with Gasteiger partial charge in [-0.1, -0.05) is 30.3 Å². The first-order chi connectivity index (χ1) is 9.24. The lowest BCUT2D eigenvalue weighted by Gasteiger charge is -1.97.